The second-order valence-corrected chi connectivity index (χ2v) is 12.6. The van der Waals surface area contributed by atoms with E-state index in [1.54, 1.807) is 34.7 Å². The molecule has 1 atom stereocenters. The lowest BCUT2D eigenvalue weighted by atomic mass is 9.97. The van der Waals surface area contributed by atoms with Crippen molar-refractivity contribution >= 4 is 29.2 Å². The molecule has 3 heterocycles. The maximum atomic E-state index is 14.5. The molecular formula is C38H36N4O2S. The lowest BCUT2D eigenvalue weighted by Gasteiger charge is -2.37. The van der Waals surface area contributed by atoms with Crippen molar-refractivity contribution in [3.8, 4) is 11.1 Å². The molecule has 0 radical (unpaired) electrons. The Kier molecular flexibility index (Phi) is 9.27. The van der Waals surface area contributed by atoms with Gasteiger partial charge < -0.3 is 9.80 Å². The Labute approximate surface area is 268 Å². The van der Waals surface area contributed by atoms with Gasteiger partial charge in [0.25, 0.3) is 0 Å². The molecule has 1 aliphatic heterocycles. The van der Waals surface area contributed by atoms with Gasteiger partial charge in [-0.25, -0.2) is 4.98 Å². The first-order valence-corrected chi connectivity index (χ1v) is 16.1. The van der Waals surface area contributed by atoms with E-state index in [0.717, 1.165) is 49.8 Å². The number of aryl methyl sites for hydroxylation is 2. The number of fused-ring (bicyclic) bond motifs is 1. The van der Waals surface area contributed by atoms with Crippen molar-refractivity contribution < 1.29 is 9.59 Å². The summed E-state index contributed by atoms with van der Waals surface area (Å²) in [6.07, 6.45) is 8.22. The van der Waals surface area contributed by atoms with Crippen LogP contribution >= 0.6 is 11.3 Å². The smallest absolute Gasteiger partial charge is 0.247 e. The van der Waals surface area contributed by atoms with E-state index >= 15 is 0 Å². The van der Waals surface area contributed by atoms with Gasteiger partial charge in [-0.2, -0.15) is 0 Å². The van der Waals surface area contributed by atoms with Crippen molar-refractivity contribution in [1.29, 1.82) is 0 Å². The quantitative estimate of drug-likeness (QED) is 0.167. The number of amides is 2. The maximum absolute atomic E-state index is 14.5. The van der Waals surface area contributed by atoms with Crippen molar-refractivity contribution in [3.05, 3.63) is 147 Å². The van der Waals surface area contributed by atoms with Crippen LogP contribution in [0.2, 0.25) is 0 Å². The minimum absolute atomic E-state index is 0.0340. The van der Waals surface area contributed by atoms with Crippen LogP contribution < -0.4 is 0 Å². The highest BCUT2D eigenvalue weighted by Crippen LogP contribution is 2.25. The van der Waals surface area contributed by atoms with Crippen LogP contribution in [0, 0.1) is 13.8 Å². The lowest BCUT2D eigenvalue weighted by Crippen LogP contribution is -2.52. The molecule has 7 heteroatoms. The highest BCUT2D eigenvalue weighted by molar-refractivity contribution is 7.12. The molecule has 0 aliphatic carbocycles. The molecule has 45 heavy (non-hydrogen) atoms. The minimum atomic E-state index is -0.681. The number of rotatable bonds is 9. The van der Waals surface area contributed by atoms with E-state index in [2.05, 4.69) is 34.2 Å². The summed E-state index contributed by atoms with van der Waals surface area (Å²) in [5.41, 5.74) is 7.44. The highest BCUT2D eigenvalue weighted by atomic mass is 32.1. The number of benzene rings is 3. The summed E-state index contributed by atoms with van der Waals surface area (Å²) in [5, 5.41) is 0.952. The van der Waals surface area contributed by atoms with Crippen LogP contribution in [0.5, 0.6) is 0 Å². The summed E-state index contributed by atoms with van der Waals surface area (Å²) in [5.74, 6) is -0.237. The van der Waals surface area contributed by atoms with Crippen molar-refractivity contribution in [2.45, 2.75) is 45.8 Å². The fraction of sp³-hybridized carbons (Fsp3) is 0.211. The van der Waals surface area contributed by atoms with Gasteiger partial charge in [-0.05, 0) is 71.9 Å². The predicted octanol–water partition coefficient (Wildman–Crippen LogP) is 7.06. The van der Waals surface area contributed by atoms with Gasteiger partial charge in [-0.1, -0.05) is 78.9 Å². The summed E-state index contributed by atoms with van der Waals surface area (Å²) >= 11 is 1.56. The topological polar surface area (TPSA) is 66.4 Å². The number of pyridine rings is 1. The van der Waals surface area contributed by atoms with E-state index in [9.17, 15) is 9.59 Å². The standard InChI is InChI=1S/C38H36N4O2S/c1-27-36(45-28(2)40-27)16-17-37(43)42(25-30-12-14-32(15-13-30)33-18-21-39-22-19-33)35(24-29-8-4-3-5-9-29)38(44)41-23-20-31-10-6-7-11-34(31)26-41/h3-19,21-22,35H,20,23-26H2,1-2H3/t35-/m0/s1. The molecule has 2 aromatic heterocycles. The summed E-state index contributed by atoms with van der Waals surface area (Å²) in [4.78, 5) is 42.0. The normalized spacial score (nSPS) is 13.4. The molecule has 0 N–H and O–H groups in total. The SMILES string of the molecule is Cc1nc(C)c(C=CC(=O)N(Cc2ccc(-c3ccncc3)cc2)[C@@H](Cc2ccccc2)C(=O)N2CCc3ccccc3C2)s1. The molecule has 3 aromatic carbocycles. The zero-order chi connectivity index (χ0) is 31.2. The summed E-state index contributed by atoms with van der Waals surface area (Å²) < 4.78 is 0. The van der Waals surface area contributed by atoms with Crippen LogP contribution in [0.15, 0.2) is 109 Å². The number of aromatic nitrogens is 2. The van der Waals surface area contributed by atoms with Crippen LogP contribution in [0.1, 0.15) is 37.8 Å². The molecule has 0 unspecified atom stereocenters. The molecule has 6 nitrogen and oxygen atoms in total. The maximum Gasteiger partial charge on any atom is 0.247 e. The minimum Gasteiger partial charge on any atom is -0.336 e. The number of hydrogen-bond acceptors (Lipinski definition) is 5. The van der Waals surface area contributed by atoms with Gasteiger partial charge in [0.05, 0.1) is 15.6 Å². The fourth-order valence-corrected chi connectivity index (χ4v) is 6.72. The van der Waals surface area contributed by atoms with Gasteiger partial charge in [0, 0.05) is 44.5 Å². The van der Waals surface area contributed by atoms with E-state index in [-0.39, 0.29) is 11.8 Å². The van der Waals surface area contributed by atoms with Gasteiger partial charge in [0.15, 0.2) is 0 Å². The second-order valence-electron chi connectivity index (χ2n) is 11.4. The number of carbonyl (C=O) groups excluding carboxylic acids is 2. The first-order chi connectivity index (χ1) is 21.9. The first-order valence-electron chi connectivity index (χ1n) is 15.3. The van der Waals surface area contributed by atoms with Gasteiger partial charge in [0.1, 0.15) is 6.04 Å². The van der Waals surface area contributed by atoms with Crippen molar-refractivity contribution in [1.82, 2.24) is 19.8 Å². The lowest BCUT2D eigenvalue weighted by molar-refractivity contribution is -0.144. The molecule has 0 fully saturated rings. The zero-order valence-corrected chi connectivity index (χ0v) is 26.4. The average molecular weight is 613 g/mol. The van der Waals surface area contributed by atoms with Crippen LogP contribution in [0.4, 0.5) is 0 Å². The molecule has 226 valence electrons. The van der Waals surface area contributed by atoms with E-state index in [4.69, 9.17) is 0 Å². The van der Waals surface area contributed by atoms with E-state index in [0.29, 0.717) is 26.1 Å². The van der Waals surface area contributed by atoms with Crippen molar-refractivity contribution in [3.63, 3.8) is 0 Å². The molecule has 6 rings (SSSR count). The van der Waals surface area contributed by atoms with Gasteiger partial charge >= 0.3 is 0 Å². The van der Waals surface area contributed by atoms with E-state index in [1.165, 1.54) is 5.56 Å². The summed E-state index contributed by atoms with van der Waals surface area (Å²) in [6, 6.07) is 29.7. The third-order valence-electron chi connectivity index (χ3n) is 8.30. The fourth-order valence-electron chi connectivity index (χ4n) is 5.89. The third-order valence-corrected chi connectivity index (χ3v) is 9.33. The molecule has 2 amide bonds. The summed E-state index contributed by atoms with van der Waals surface area (Å²) in [6.45, 7) is 5.38. The zero-order valence-electron chi connectivity index (χ0n) is 25.6. The number of nitrogens with zero attached hydrogens (tertiary/aromatic N) is 4. The Morgan fingerprint density at radius 1 is 0.867 bits per heavy atom. The van der Waals surface area contributed by atoms with Crippen molar-refractivity contribution in [2.24, 2.45) is 0 Å². The Morgan fingerprint density at radius 2 is 1.56 bits per heavy atom. The monoisotopic (exact) mass is 612 g/mol. The van der Waals surface area contributed by atoms with Crippen LogP contribution in [-0.2, 0) is 35.5 Å². The molecule has 0 saturated carbocycles. The van der Waals surface area contributed by atoms with Crippen molar-refractivity contribution in [2.75, 3.05) is 6.54 Å². The van der Waals surface area contributed by atoms with E-state index in [1.807, 2.05) is 91.6 Å². The van der Waals surface area contributed by atoms with Crippen LogP contribution in [0.3, 0.4) is 0 Å². The number of thiazole rings is 1. The molecule has 5 aromatic rings. The Bertz CT molecular complexity index is 1800. The molecular weight excluding hydrogens is 577 g/mol. The average Bonchev–Trinajstić information content (AvgIpc) is 3.41. The third kappa shape index (κ3) is 7.27. The largest absolute Gasteiger partial charge is 0.336 e. The molecule has 0 bridgehead atoms. The second kappa shape index (κ2) is 13.8. The van der Waals surface area contributed by atoms with Crippen LogP contribution in [-0.4, -0.2) is 44.2 Å². The van der Waals surface area contributed by atoms with Crippen LogP contribution in [0.25, 0.3) is 17.2 Å². The highest BCUT2D eigenvalue weighted by Gasteiger charge is 2.34. The number of hydrogen-bond donors (Lipinski definition) is 0. The van der Waals surface area contributed by atoms with Gasteiger partial charge in [-0.15, -0.1) is 11.3 Å². The Morgan fingerprint density at radius 3 is 2.27 bits per heavy atom. The number of carbonyl (C=O) groups is 2. The van der Waals surface area contributed by atoms with Gasteiger partial charge in [0.2, 0.25) is 11.8 Å². The first kappa shape index (κ1) is 30.2. The summed E-state index contributed by atoms with van der Waals surface area (Å²) in [7, 11) is 0. The Balaban J connectivity index is 1.35. The van der Waals surface area contributed by atoms with E-state index < -0.39 is 6.04 Å². The molecule has 0 saturated heterocycles. The molecule has 1 aliphatic rings. The van der Waals surface area contributed by atoms with Gasteiger partial charge in [-0.3, -0.25) is 14.6 Å². The molecule has 0 spiro atoms. The predicted molar refractivity (Wildman–Crippen MR) is 180 cm³/mol. The Hall–Kier alpha value is -4.88.